The van der Waals surface area contributed by atoms with Gasteiger partial charge in [0.25, 0.3) is 0 Å². The van der Waals surface area contributed by atoms with Gasteiger partial charge in [0.1, 0.15) is 5.82 Å². The normalized spacial score (nSPS) is 19.9. The fourth-order valence-electron chi connectivity index (χ4n) is 3.71. The summed E-state index contributed by atoms with van der Waals surface area (Å²) in [4.78, 5) is 4.73. The topological polar surface area (TPSA) is 37.0 Å². The number of benzene rings is 2. The van der Waals surface area contributed by atoms with E-state index in [1.165, 1.54) is 10.9 Å². The molecule has 3 aromatic rings. The van der Waals surface area contributed by atoms with Crippen LogP contribution in [-0.4, -0.2) is 17.1 Å². The molecule has 0 atom stereocenters. The van der Waals surface area contributed by atoms with E-state index in [0.29, 0.717) is 22.1 Å². The van der Waals surface area contributed by atoms with Crippen LogP contribution in [0.4, 0.5) is 5.82 Å². The smallest absolute Gasteiger partial charge is 0.126 e. The van der Waals surface area contributed by atoms with Gasteiger partial charge >= 0.3 is 0 Å². The van der Waals surface area contributed by atoms with E-state index < -0.39 is 0 Å². The third kappa shape index (κ3) is 4.73. The van der Waals surface area contributed by atoms with Crippen LogP contribution >= 0.6 is 23.2 Å². The maximum absolute atomic E-state index is 6.09. The number of aromatic nitrogens is 1. The Kier molecular flexibility index (Phi) is 5.82. The molecule has 1 fully saturated rings. The van der Waals surface area contributed by atoms with Crippen LogP contribution in [0.15, 0.2) is 54.6 Å². The van der Waals surface area contributed by atoms with Crippen molar-refractivity contribution in [2.75, 3.05) is 5.32 Å². The second-order valence-corrected chi connectivity index (χ2v) is 8.03. The SMILES string of the molecule is Clc1ccc(CNC2CCC(Nc3ccc4ccccc4n3)CC2)cc1Cl. The number of nitrogens with zero attached hydrogens (tertiary/aromatic N) is 1. The van der Waals surface area contributed by atoms with Crippen LogP contribution in [0.1, 0.15) is 31.2 Å². The van der Waals surface area contributed by atoms with Gasteiger partial charge < -0.3 is 10.6 Å². The number of hydrogen-bond acceptors (Lipinski definition) is 3. The van der Waals surface area contributed by atoms with Crippen molar-refractivity contribution in [3.8, 4) is 0 Å². The van der Waals surface area contributed by atoms with Crippen molar-refractivity contribution in [3.05, 3.63) is 70.2 Å². The molecular formula is C22H23Cl2N3. The first-order valence-electron chi connectivity index (χ1n) is 9.47. The van der Waals surface area contributed by atoms with E-state index in [4.69, 9.17) is 28.2 Å². The molecule has 1 aliphatic rings. The summed E-state index contributed by atoms with van der Waals surface area (Å²) >= 11 is 12.1. The number of hydrogen-bond donors (Lipinski definition) is 2. The van der Waals surface area contributed by atoms with Gasteiger partial charge in [-0.05, 0) is 61.6 Å². The highest BCUT2D eigenvalue weighted by Crippen LogP contribution is 2.25. The number of halogens is 2. The van der Waals surface area contributed by atoms with Crippen molar-refractivity contribution in [1.29, 1.82) is 0 Å². The number of fused-ring (bicyclic) bond motifs is 1. The summed E-state index contributed by atoms with van der Waals surface area (Å²) in [6, 6.07) is 19.3. The van der Waals surface area contributed by atoms with E-state index in [2.05, 4.69) is 34.9 Å². The highest BCUT2D eigenvalue weighted by molar-refractivity contribution is 6.42. The molecule has 5 heteroatoms. The predicted octanol–water partition coefficient (Wildman–Crippen LogP) is 6.05. The van der Waals surface area contributed by atoms with E-state index in [-0.39, 0.29) is 0 Å². The zero-order valence-electron chi connectivity index (χ0n) is 15.1. The summed E-state index contributed by atoms with van der Waals surface area (Å²) in [6.45, 7) is 0.825. The Balaban J connectivity index is 1.27. The molecule has 1 heterocycles. The fourth-order valence-corrected chi connectivity index (χ4v) is 4.03. The van der Waals surface area contributed by atoms with Gasteiger partial charge in [-0.3, -0.25) is 0 Å². The Hall–Kier alpha value is -1.81. The molecule has 1 aliphatic carbocycles. The van der Waals surface area contributed by atoms with Crippen LogP contribution in [0.5, 0.6) is 0 Å². The van der Waals surface area contributed by atoms with Gasteiger partial charge in [-0.25, -0.2) is 4.98 Å². The minimum absolute atomic E-state index is 0.488. The van der Waals surface area contributed by atoms with Gasteiger partial charge in [0.05, 0.1) is 15.6 Å². The Morgan fingerprint density at radius 1 is 0.852 bits per heavy atom. The molecule has 3 nitrogen and oxygen atoms in total. The van der Waals surface area contributed by atoms with Crippen molar-refractivity contribution in [2.45, 2.75) is 44.3 Å². The lowest BCUT2D eigenvalue weighted by Crippen LogP contribution is -2.36. The molecule has 4 rings (SSSR count). The first kappa shape index (κ1) is 18.5. The van der Waals surface area contributed by atoms with Crippen LogP contribution in [0, 0.1) is 0 Å². The Morgan fingerprint density at radius 3 is 2.44 bits per heavy atom. The predicted molar refractivity (Wildman–Crippen MR) is 115 cm³/mol. The maximum Gasteiger partial charge on any atom is 0.126 e. The molecule has 1 saturated carbocycles. The fraction of sp³-hybridized carbons (Fsp3) is 0.318. The summed E-state index contributed by atoms with van der Waals surface area (Å²) < 4.78 is 0. The lowest BCUT2D eigenvalue weighted by molar-refractivity contribution is 0.352. The third-order valence-corrected chi connectivity index (χ3v) is 6.00. The third-order valence-electron chi connectivity index (χ3n) is 5.26. The molecule has 2 aromatic carbocycles. The number of nitrogens with one attached hydrogen (secondary N) is 2. The van der Waals surface area contributed by atoms with Gasteiger partial charge in [-0.2, -0.15) is 0 Å². The molecule has 140 valence electrons. The minimum atomic E-state index is 0.488. The van der Waals surface area contributed by atoms with Crippen LogP contribution in [-0.2, 0) is 6.54 Å². The Labute approximate surface area is 170 Å². The van der Waals surface area contributed by atoms with E-state index >= 15 is 0 Å². The summed E-state index contributed by atoms with van der Waals surface area (Å²) in [5.74, 6) is 0.973. The molecule has 1 aromatic heterocycles. The van der Waals surface area contributed by atoms with Gasteiger partial charge in [0.15, 0.2) is 0 Å². The molecule has 0 saturated heterocycles. The molecule has 0 radical (unpaired) electrons. The molecule has 2 N–H and O–H groups in total. The van der Waals surface area contributed by atoms with Crippen LogP contribution in [0.25, 0.3) is 10.9 Å². The van der Waals surface area contributed by atoms with Crippen molar-refractivity contribution in [1.82, 2.24) is 10.3 Å². The van der Waals surface area contributed by atoms with E-state index in [9.17, 15) is 0 Å². The molecular weight excluding hydrogens is 377 g/mol. The van der Waals surface area contributed by atoms with Crippen molar-refractivity contribution in [3.63, 3.8) is 0 Å². The number of para-hydroxylation sites is 1. The first-order chi connectivity index (χ1) is 13.2. The zero-order chi connectivity index (χ0) is 18.6. The van der Waals surface area contributed by atoms with E-state index in [1.54, 1.807) is 0 Å². The molecule has 0 unspecified atom stereocenters. The van der Waals surface area contributed by atoms with Gasteiger partial charge in [0.2, 0.25) is 0 Å². The van der Waals surface area contributed by atoms with E-state index in [1.807, 2.05) is 30.3 Å². The maximum atomic E-state index is 6.09. The highest BCUT2D eigenvalue weighted by Gasteiger charge is 2.21. The van der Waals surface area contributed by atoms with Crippen molar-refractivity contribution < 1.29 is 0 Å². The van der Waals surface area contributed by atoms with Gasteiger partial charge in [-0.15, -0.1) is 0 Å². The van der Waals surface area contributed by atoms with Crippen LogP contribution in [0.3, 0.4) is 0 Å². The number of anilines is 1. The molecule has 0 spiro atoms. The van der Waals surface area contributed by atoms with Crippen molar-refractivity contribution >= 4 is 39.9 Å². The molecule has 0 amide bonds. The molecule has 27 heavy (non-hydrogen) atoms. The van der Waals surface area contributed by atoms with Crippen molar-refractivity contribution in [2.24, 2.45) is 0 Å². The number of rotatable bonds is 5. The first-order valence-corrected chi connectivity index (χ1v) is 10.2. The lowest BCUT2D eigenvalue weighted by Gasteiger charge is -2.30. The van der Waals surface area contributed by atoms with Crippen LogP contribution < -0.4 is 10.6 Å². The summed E-state index contributed by atoms with van der Waals surface area (Å²) in [7, 11) is 0. The highest BCUT2D eigenvalue weighted by atomic mass is 35.5. The van der Waals surface area contributed by atoms with Gasteiger partial charge in [-0.1, -0.05) is 47.5 Å². The van der Waals surface area contributed by atoms with E-state index in [0.717, 1.165) is 43.6 Å². The summed E-state index contributed by atoms with van der Waals surface area (Å²) in [6.07, 6.45) is 4.61. The minimum Gasteiger partial charge on any atom is -0.367 e. The summed E-state index contributed by atoms with van der Waals surface area (Å²) in [5.41, 5.74) is 2.21. The van der Waals surface area contributed by atoms with Crippen LogP contribution in [0.2, 0.25) is 10.0 Å². The second-order valence-electron chi connectivity index (χ2n) is 7.21. The Bertz CT molecular complexity index is 920. The standard InChI is InChI=1S/C22H23Cl2N3/c23-19-11-5-15(13-20(19)24)14-25-17-7-9-18(10-8-17)26-22-12-6-16-3-1-2-4-21(16)27-22/h1-6,11-13,17-18,25H,7-10,14H2,(H,26,27). The monoisotopic (exact) mass is 399 g/mol. The quantitative estimate of drug-likeness (QED) is 0.547. The lowest BCUT2D eigenvalue weighted by atomic mass is 9.91. The summed E-state index contributed by atoms with van der Waals surface area (Å²) in [5, 5.41) is 9.66. The number of pyridine rings is 1. The average molecular weight is 400 g/mol. The second kappa shape index (κ2) is 8.47. The largest absolute Gasteiger partial charge is 0.367 e. The zero-order valence-corrected chi connectivity index (χ0v) is 16.6. The average Bonchev–Trinajstić information content (AvgIpc) is 2.70. The Morgan fingerprint density at radius 2 is 1.63 bits per heavy atom. The molecule has 0 aliphatic heterocycles. The molecule has 0 bridgehead atoms. The van der Waals surface area contributed by atoms with Gasteiger partial charge in [0, 0.05) is 24.0 Å².